The van der Waals surface area contributed by atoms with E-state index in [1.54, 1.807) is 12.1 Å². The van der Waals surface area contributed by atoms with E-state index in [4.69, 9.17) is 175 Å². The fraction of sp³-hybridized carbons (Fsp3) is 0.0652. The Morgan fingerprint density at radius 1 is 0.380 bits per heavy atom. The number of methoxy groups -OCH3 is 1. The van der Waals surface area contributed by atoms with Gasteiger partial charge in [0.2, 0.25) is 23.3 Å². The highest BCUT2D eigenvalue weighted by Crippen LogP contribution is 2.44. The molecule has 0 bridgehead atoms. The Kier molecular flexibility index (Phi) is 41.9. The quantitative estimate of drug-likeness (QED) is 0.0242. The summed E-state index contributed by atoms with van der Waals surface area (Å²) in [7, 11) is 1.43. The predicted molar refractivity (Wildman–Crippen MR) is 476 cm³/mol. The first-order valence-corrected chi connectivity index (χ1v) is 38.2. The number of ether oxygens (including phenoxy) is 2. The van der Waals surface area contributed by atoms with Crippen molar-refractivity contribution in [1.82, 2.24) is 0 Å². The van der Waals surface area contributed by atoms with Crippen LogP contribution < -0.4 is 15.1 Å². The van der Waals surface area contributed by atoms with Gasteiger partial charge in [0, 0.05) is 58.8 Å². The van der Waals surface area contributed by atoms with Crippen molar-refractivity contribution in [2.45, 2.75) is 32.5 Å². The number of fused-ring (bicyclic) bond motifs is 2. The van der Waals surface area contributed by atoms with Gasteiger partial charge in [0.1, 0.15) is 40.2 Å². The van der Waals surface area contributed by atoms with Crippen molar-refractivity contribution in [3.63, 3.8) is 0 Å². The summed E-state index contributed by atoms with van der Waals surface area (Å²) >= 11 is 10.8. The number of aliphatic hydroxyl groups excluding tert-OH is 1. The maximum atomic E-state index is 12.2. The molecule has 13 aromatic carbocycles. The second kappa shape index (κ2) is 51.8. The topological polar surface area (TPSA) is 747 Å². The van der Waals surface area contributed by atoms with Crippen LogP contribution in [0.4, 0.5) is 17.6 Å². The van der Waals surface area contributed by atoms with Crippen LogP contribution in [0, 0.1) is 30.2 Å². The molecule has 0 spiro atoms. The molecule has 2 heterocycles. The number of carboxylic acids is 3. The molecule has 1 aliphatic heterocycles. The van der Waals surface area contributed by atoms with E-state index in [0.29, 0.717) is 27.3 Å². The van der Waals surface area contributed by atoms with Crippen molar-refractivity contribution in [2.24, 2.45) is 0 Å². The number of hydrogen-bond acceptors (Lipinski definition) is 36. The van der Waals surface area contributed by atoms with Gasteiger partial charge in [-0.15, -0.1) is 0 Å². The molecule has 0 amide bonds. The van der Waals surface area contributed by atoms with Crippen LogP contribution in [0.25, 0.3) is 17.0 Å². The number of para-hydroxylation sites is 2. The highest BCUT2D eigenvalue weighted by atomic mass is 35.5. The molecule has 0 radical (unpaired) electrons. The van der Waals surface area contributed by atoms with Crippen molar-refractivity contribution in [3.05, 3.63) is 301 Å². The Bertz CT molecular complexity index is 6370. The van der Waals surface area contributed by atoms with Gasteiger partial charge in [0.25, 0.3) is 0 Å². The number of carboxylic acid groups (broad SMARTS) is 3. The van der Waals surface area contributed by atoms with Gasteiger partial charge < -0.3 is 177 Å². The second-order valence-corrected chi connectivity index (χ2v) is 27.6. The lowest BCUT2D eigenvalue weighted by Crippen LogP contribution is -2.30. The zero-order valence-electron chi connectivity index (χ0n) is 70.2. The average Bonchev–Trinajstić information content (AvgIpc) is 0.790. The average molecular weight is 1960 g/mol. The lowest BCUT2D eigenvalue weighted by molar-refractivity contribution is 0.0204. The standard InChI is InChI=1S/C15H14O6.C9H6O4.C9H10O2.C7H6O5.2C7H6O4.C7H8O3.C7H8O2.2C6H5ClO2.C6H2F4O2.C6H6O3/c16-9-2-1-7(3-10(9)17)15-13(20)5-8-4-11(18)12(19)6-14(8)21-15;10-6-3-5-1-2-9(12)13-8(5)4-7(6)11;1-2-3-7-4-5-8(10)9(11)6-7;8-4-1-3(7(11)12)2-5(9)6(4)10;8-5-2-1-4(7(10)11)3-6(5)9;8-5-3-1-2-4(6(5)9)7(10)11;1-10-7-4-5(8)2-3-6(7)9;1-5-2-3-6(8)7(9)4-5;7-5-3-4(8)1-2-6(5)9;7-4-1-2-5(8)6(9)3-4;7-1-2(8)6(12)4(10)3(9)5(1)11;7-4-2-1-3-5(8)6(4)9/h1-4,6,13,15-20H,5H2;1-4,10-11H;2-6,10-11H,1H3;1-2,8-10H,(H,11,12);2*1-3,8-9H,(H,10,11);2-4,8-9H,1H3;2-4,8-9H,1H3;2*1-3,8-9H;11-12H;1-3,7-9H/b;;3-2+;;;;;;;;;/t13-,15-;;;;;;;;;;;/m0.........../s1. The van der Waals surface area contributed by atoms with Crippen molar-refractivity contribution >= 4 is 58.2 Å². The smallest absolute Gasteiger partial charge is 0.339 e. The molecule has 2 atom stereocenters. The number of phenolic OH excluding ortho intramolecular Hbond substituents is 27. The normalized spacial score (nSPS) is 11.4. The molecular weight excluding hydrogens is 1880 g/mol. The van der Waals surface area contributed by atoms with Gasteiger partial charge in [-0.25, -0.2) is 19.2 Å². The number of aromatic hydroxyl groups is 28. The molecule has 45 heteroatoms. The number of carbonyl (C=O) groups is 3. The number of benzene rings is 13. The van der Waals surface area contributed by atoms with Crippen LogP contribution in [0.15, 0.2) is 228 Å². The number of phenols is 28. The molecule has 1 aliphatic rings. The highest BCUT2D eigenvalue weighted by molar-refractivity contribution is 6.32. The molecule has 0 aliphatic carbocycles. The van der Waals surface area contributed by atoms with E-state index >= 15 is 0 Å². The van der Waals surface area contributed by atoms with Crippen molar-refractivity contribution in [3.8, 4) is 172 Å². The molecular formula is C92H82Cl2F4O39. The van der Waals surface area contributed by atoms with Gasteiger partial charge in [0.15, 0.2) is 149 Å². The summed E-state index contributed by atoms with van der Waals surface area (Å²) in [4.78, 5) is 41.7. The fourth-order valence-corrected chi connectivity index (χ4v) is 10.2. The van der Waals surface area contributed by atoms with E-state index in [1.165, 1.54) is 183 Å². The minimum atomic E-state index is -2.02. The summed E-state index contributed by atoms with van der Waals surface area (Å²) < 4.78 is 64.1. The Balaban J connectivity index is 0.000000315. The SMILES string of the molecule is C/C=C/c1ccc(O)c(O)c1.COc1cc(O)ccc1O.Cc1ccc(O)c(O)c1.O=C(O)c1cc(O)c(O)c(O)c1.O=C(O)c1ccc(O)c(O)c1.O=C(O)c1cccc(O)c1O.O=c1ccc2cc(O)c(O)cc2o1.Oc1c(F)c(F)c(O)c(F)c1F.Oc1ccc(Cl)cc1O.Oc1ccc(O)c(Cl)c1.Oc1ccc([C@@H]2Oc3cc(O)c(O)cc3C[C@@H]2O)cc1O.Oc1cccc(O)c1O. The maximum Gasteiger partial charge on any atom is 0.339 e. The molecule has 726 valence electrons. The summed E-state index contributed by atoms with van der Waals surface area (Å²) in [5.74, 6) is -21.8. The van der Waals surface area contributed by atoms with Crippen LogP contribution in [-0.2, 0) is 6.42 Å². The molecule has 0 unspecified atom stereocenters. The van der Waals surface area contributed by atoms with Crippen LogP contribution >= 0.6 is 23.2 Å². The van der Waals surface area contributed by atoms with E-state index in [2.05, 4.69) is 0 Å². The molecule has 137 heavy (non-hydrogen) atoms. The van der Waals surface area contributed by atoms with Gasteiger partial charge in [-0.2, -0.15) is 17.6 Å². The molecule has 32 N–H and O–H groups in total. The minimum absolute atomic E-state index is 0.0190. The van der Waals surface area contributed by atoms with Crippen LogP contribution in [0.5, 0.6) is 172 Å². The molecule has 0 fully saturated rings. The molecule has 39 nitrogen and oxygen atoms in total. The molecule has 0 saturated carbocycles. The number of hydrogen-bond donors (Lipinski definition) is 32. The first-order chi connectivity index (χ1) is 64.1. The first-order valence-electron chi connectivity index (χ1n) is 37.5. The van der Waals surface area contributed by atoms with E-state index in [9.17, 15) is 62.3 Å². The van der Waals surface area contributed by atoms with E-state index in [0.717, 1.165) is 35.4 Å². The minimum Gasteiger partial charge on any atom is -0.508 e. The van der Waals surface area contributed by atoms with E-state index in [1.807, 2.05) is 26.0 Å². The molecule has 14 aromatic rings. The van der Waals surface area contributed by atoms with Crippen LogP contribution in [-0.4, -0.2) is 195 Å². The van der Waals surface area contributed by atoms with E-state index in [-0.39, 0.29) is 149 Å². The Hall–Kier alpha value is -18.5. The van der Waals surface area contributed by atoms with Crippen LogP contribution in [0.2, 0.25) is 10.0 Å². The third-order valence-corrected chi connectivity index (χ3v) is 17.3. The van der Waals surface area contributed by atoms with Crippen molar-refractivity contribution in [1.29, 1.82) is 0 Å². The van der Waals surface area contributed by atoms with Crippen LogP contribution in [0.1, 0.15) is 66.4 Å². The number of aryl methyl sites for hydroxylation is 1. The van der Waals surface area contributed by atoms with Gasteiger partial charge in [-0.1, -0.05) is 65.7 Å². The van der Waals surface area contributed by atoms with Gasteiger partial charge >= 0.3 is 23.5 Å². The maximum absolute atomic E-state index is 12.2. The number of aliphatic hydroxyl groups is 1. The summed E-state index contributed by atoms with van der Waals surface area (Å²) in [6, 6.07) is 46.4. The fourth-order valence-electron chi connectivity index (χ4n) is 9.86. The monoisotopic (exact) mass is 1960 g/mol. The predicted octanol–water partition coefficient (Wildman–Crippen LogP) is 15.4. The number of allylic oxidation sites excluding steroid dienone is 1. The largest absolute Gasteiger partial charge is 0.508 e. The Morgan fingerprint density at radius 3 is 1.25 bits per heavy atom. The Morgan fingerprint density at radius 2 is 0.803 bits per heavy atom. The summed E-state index contributed by atoms with van der Waals surface area (Å²) in [5, 5.41) is 286. The number of halogens is 6. The summed E-state index contributed by atoms with van der Waals surface area (Å²) in [6.45, 7) is 3.74. The Labute approximate surface area is 777 Å². The van der Waals surface area contributed by atoms with E-state index < -0.39 is 111 Å². The third-order valence-electron chi connectivity index (χ3n) is 16.8. The second-order valence-electron chi connectivity index (χ2n) is 26.8. The summed E-state index contributed by atoms with van der Waals surface area (Å²) in [5.41, 5.74) is 2.01. The first kappa shape index (κ1) is 111. The van der Waals surface area contributed by atoms with Crippen molar-refractivity contribution < 1.29 is 209 Å². The highest BCUT2D eigenvalue weighted by Gasteiger charge is 2.32. The van der Waals surface area contributed by atoms with Gasteiger partial charge in [-0.05, 0) is 176 Å². The molecule has 1 aromatic heterocycles. The lowest BCUT2D eigenvalue weighted by Gasteiger charge is -2.31. The number of rotatable bonds is 6. The zero-order chi connectivity index (χ0) is 103. The van der Waals surface area contributed by atoms with Gasteiger partial charge in [-0.3, -0.25) is 0 Å². The summed E-state index contributed by atoms with van der Waals surface area (Å²) in [6.07, 6.45) is 2.32. The van der Waals surface area contributed by atoms with Crippen LogP contribution in [0.3, 0.4) is 0 Å². The number of aromatic carboxylic acids is 3. The molecule has 0 saturated heterocycles. The van der Waals surface area contributed by atoms with Crippen molar-refractivity contribution in [2.75, 3.05) is 7.11 Å². The lowest BCUT2D eigenvalue weighted by atomic mass is 9.94. The molecule has 15 rings (SSSR count). The zero-order valence-corrected chi connectivity index (χ0v) is 71.7. The third kappa shape index (κ3) is 34.1. The van der Waals surface area contributed by atoms with Gasteiger partial charge in [0.05, 0.1) is 29.4 Å².